The summed E-state index contributed by atoms with van der Waals surface area (Å²) in [7, 11) is 0. The van der Waals surface area contributed by atoms with Gasteiger partial charge in [0.15, 0.2) is 0 Å². The van der Waals surface area contributed by atoms with Crippen molar-refractivity contribution in [3.05, 3.63) is 12.0 Å². The van der Waals surface area contributed by atoms with Gasteiger partial charge < -0.3 is 4.74 Å². The van der Waals surface area contributed by atoms with Crippen LogP contribution in [0.3, 0.4) is 0 Å². The lowest BCUT2D eigenvalue weighted by Crippen LogP contribution is -1.84. The second-order valence-corrected chi connectivity index (χ2v) is 2.65. The van der Waals surface area contributed by atoms with Crippen LogP contribution in [-0.4, -0.2) is 19.0 Å². The second kappa shape index (κ2) is 16.0. The van der Waals surface area contributed by atoms with E-state index >= 15 is 0 Å². The van der Waals surface area contributed by atoms with Crippen LogP contribution < -0.4 is 0 Å². The van der Waals surface area contributed by atoms with Crippen molar-refractivity contribution < 1.29 is 4.74 Å². The second-order valence-electron chi connectivity index (χ2n) is 1.40. The van der Waals surface area contributed by atoms with Gasteiger partial charge in [0.2, 0.25) is 0 Å². The van der Waals surface area contributed by atoms with Gasteiger partial charge in [-0.25, -0.2) is 0 Å². The Kier molecular flexibility index (Phi) is 20.4. The van der Waals surface area contributed by atoms with E-state index in [1.807, 2.05) is 19.3 Å². The van der Waals surface area contributed by atoms with Gasteiger partial charge in [0, 0.05) is 13.2 Å². The third kappa shape index (κ3) is 24.4. The fourth-order valence-electron chi connectivity index (χ4n) is 0.322. The molecule has 0 bridgehead atoms. The topological polar surface area (TPSA) is 9.23 Å². The highest BCUT2D eigenvalue weighted by Gasteiger charge is 1.64. The summed E-state index contributed by atoms with van der Waals surface area (Å²) in [5.74, 6) is 1.14. The molecule has 0 amide bonds. The third-order valence-corrected chi connectivity index (χ3v) is 1.26. The Hall–Kier alpha value is 0.0500. The van der Waals surface area contributed by atoms with Gasteiger partial charge in [-0.1, -0.05) is 13.5 Å². The molecule has 0 atom stereocenters. The van der Waals surface area contributed by atoms with E-state index in [4.69, 9.17) is 4.74 Å². The Balaban J connectivity index is 0. The average molecular weight is 162 g/mol. The molecule has 0 saturated heterocycles. The summed E-state index contributed by atoms with van der Waals surface area (Å²) in [6.45, 7) is 11.3. The maximum absolute atomic E-state index is 4.83. The summed E-state index contributed by atoms with van der Waals surface area (Å²) >= 11 is 1.73. The zero-order chi connectivity index (χ0) is 8.24. The monoisotopic (exact) mass is 162 g/mol. The van der Waals surface area contributed by atoms with E-state index in [0.29, 0.717) is 0 Å². The molecule has 10 heavy (non-hydrogen) atoms. The maximum Gasteiger partial charge on any atom is 0.0437 e. The van der Waals surface area contributed by atoms with Crippen molar-refractivity contribution in [1.29, 1.82) is 0 Å². The van der Waals surface area contributed by atoms with E-state index < -0.39 is 0 Å². The molecule has 0 aliphatic heterocycles. The highest BCUT2D eigenvalue weighted by molar-refractivity contribution is 8.02. The summed E-state index contributed by atoms with van der Waals surface area (Å²) in [5.41, 5.74) is 0. The molecular formula is C8H18OS. The molecule has 62 valence electrons. The summed E-state index contributed by atoms with van der Waals surface area (Å²) < 4.78 is 4.83. The van der Waals surface area contributed by atoms with Crippen molar-refractivity contribution in [3.63, 3.8) is 0 Å². The highest BCUT2D eigenvalue weighted by Crippen LogP contribution is 1.94. The van der Waals surface area contributed by atoms with Gasteiger partial charge in [-0.2, -0.15) is 0 Å². The lowest BCUT2D eigenvalue weighted by molar-refractivity contribution is 0.162. The molecule has 0 aromatic heterocycles. The Labute approximate surface area is 68.8 Å². The van der Waals surface area contributed by atoms with Crippen LogP contribution in [0.4, 0.5) is 0 Å². The Bertz CT molecular complexity index is 53.2. The van der Waals surface area contributed by atoms with Crippen LogP contribution in [0.15, 0.2) is 12.0 Å². The summed E-state index contributed by atoms with van der Waals surface area (Å²) in [6.07, 6.45) is 0. The molecule has 0 aliphatic carbocycles. The molecule has 0 N–H and O–H groups in total. The van der Waals surface area contributed by atoms with Gasteiger partial charge >= 0.3 is 0 Å². The van der Waals surface area contributed by atoms with Crippen LogP contribution in [0.2, 0.25) is 0 Å². The molecule has 0 aliphatic rings. The molecule has 1 nitrogen and oxygen atoms in total. The van der Waals surface area contributed by atoms with Gasteiger partial charge in [0.1, 0.15) is 0 Å². The van der Waals surface area contributed by atoms with Crippen LogP contribution in [-0.2, 0) is 4.74 Å². The first-order chi connectivity index (χ1) is 4.83. The number of hydrogen-bond acceptors (Lipinski definition) is 2. The molecule has 0 heterocycles. The predicted molar refractivity (Wildman–Crippen MR) is 50.5 cm³/mol. The van der Waals surface area contributed by atoms with E-state index in [1.54, 1.807) is 11.8 Å². The largest absolute Gasteiger partial charge is 0.382 e. The summed E-state index contributed by atoms with van der Waals surface area (Å²) in [4.78, 5) is 0. The normalized spacial score (nSPS) is 7.90. The zero-order valence-corrected chi connectivity index (χ0v) is 8.04. The van der Waals surface area contributed by atoms with Gasteiger partial charge in [0.25, 0.3) is 0 Å². The van der Waals surface area contributed by atoms with E-state index in [1.165, 1.54) is 0 Å². The van der Waals surface area contributed by atoms with Crippen LogP contribution in [0, 0.1) is 0 Å². The Morgan fingerprint density at radius 2 is 1.80 bits per heavy atom. The third-order valence-electron chi connectivity index (χ3n) is 0.693. The minimum atomic E-state index is 0.844. The van der Waals surface area contributed by atoms with Gasteiger partial charge in [-0.3, -0.25) is 0 Å². The molecule has 0 fully saturated rings. The SMILES string of the molecule is C=CSCC.CCOCC. The number of rotatable bonds is 4. The van der Waals surface area contributed by atoms with Gasteiger partial charge in [-0.15, -0.1) is 11.8 Å². The van der Waals surface area contributed by atoms with Crippen LogP contribution in [0.1, 0.15) is 20.8 Å². The quantitative estimate of drug-likeness (QED) is 0.628. The van der Waals surface area contributed by atoms with Crippen molar-refractivity contribution in [2.75, 3.05) is 19.0 Å². The van der Waals surface area contributed by atoms with Crippen molar-refractivity contribution in [2.45, 2.75) is 20.8 Å². The molecule has 0 saturated carbocycles. The van der Waals surface area contributed by atoms with E-state index in [0.717, 1.165) is 19.0 Å². The first-order valence-corrected chi connectivity index (χ1v) is 4.68. The summed E-state index contributed by atoms with van der Waals surface area (Å²) in [6, 6.07) is 0. The van der Waals surface area contributed by atoms with Crippen LogP contribution in [0.25, 0.3) is 0 Å². The molecule has 0 aromatic carbocycles. The van der Waals surface area contributed by atoms with Crippen molar-refractivity contribution in [3.8, 4) is 0 Å². The zero-order valence-electron chi connectivity index (χ0n) is 7.22. The van der Waals surface area contributed by atoms with E-state index in [-0.39, 0.29) is 0 Å². The molecule has 0 aromatic rings. The smallest absolute Gasteiger partial charge is 0.0437 e. The van der Waals surface area contributed by atoms with Crippen molar-refractivity contribution in [1.82, 2.24) is 0 Å². The lowest BCUT2D eigenvalue weighted by atomic mass is 10.8. The minimum absolute atomic E-state index is 0.844. The molecule has 0 unspecified atom stereocenters. The number of thioether (sulfide) groups is 1. The maximum atomic E-state index is 4.83. The summed E-state index contributed by atoms with van der Waals surface area (Å²) in [5, 5.41) is 1.85. The highest BCUT2D eigenvalue weighted by atomic mass is 32.2. The fourth-order valence-corrected chi connectivity index (χ4v) is 0.558. The molecule has 0 spiro atoms. The van der Waals surface area contributed by atoms with Gasteiger partial charge in [0.05, 0.1) is 0 Å². The Morgan fingerprint density at radius 3 is 1.80 bits per heavy atom. The minimum Gasteiger partial charge on any atom is -0.382 e. The predicted octanol–water partition coefficient (Wildman–Crippen LogP) is 2.93. The van der Waals surface area contributed by atoms with E-state index in [9.17, 15) is 0 Å². The molecular weight excluding hydrogens is 144 g/mol. The van der Waals surface area contributed by atoms with Crippen molar-refractivity contribution >= 4 is 11.8 Å². The van der Waals surface area contributed by atoms with Crippen molar-refractivity contribution in [2.24, 2.45) is 0 Å². The lowest BCUT2D eigenvalue weighted by Gasteiger charge is -1.86. The van der Waals surface area contributed by atoms with E-state index in [2.05, 4.69) is 13.5 Å². The molecule has 0 radical (unpaired) electrons. The number of ether oxygens (including phenoxy) is 1. The fraction of sp³-hybridized carbons (Fsp3) is 0.750. The Morgan fingerprint density at radius 1 is 1.30 bits per heavy atom. The molecule has 0 rings (SSSR count). The van der Waals surface area contributed by atoms with Crippen LogP contribution >= 0.6 is 11.8 Å². The standard InChI is InChI=1S/C4H10O.C4H8S/c2*1-3-5-4-2/h3-4H2,1-2H3;3H,1,4H2,2H3. The average Bonchev–Trinajstić information content (AvgIpc) is 1.93. The van der Waals surface area contributed by atoms with Gasteiger partial charge in [-0.05, 0) is 25.0 Å². The first-order valence-electron chi connectivity index (χ1n) is 3.63. The first kappa shape index (κ1) is 12.7. The molecule has 2 heteroatoms. The van der Waals surface area contributed by atoms with Crippen LogP contribution in [0.5, 0.6) is 0 Å². The number of hydrogen-bond donors (Lipinski definition) is 0.